The Morgan fingerprint density at radius 3 is 1.30 bits per heavy atom. The molecule has 46 heavy (non-hydrogen) atoms. The number of benzene rings is 1. The van der Waals surface area contributed by atoms with Crippen molar-refractivity contribution in [3.63, 3.8) is 0 Å². The monoisotopic (exact) mass is 648 g/mol. The van der Waals surface area contributed by atoms with Crippen molar-refractivity contribution in [1.29, 1.82) is 0 Å². The van der Waals surface area contributed by atoms with Gasteiger partial charge in [-0.25, -0.2) is 19.2 Å². The summed E-state index contributed by atoms with van der Waals surface area (Å²) in [7, 11) is 0. The van der Waals surface area contributed by atoms with E-state index < -0.39 is 69.5 Å². The molecule has 0 saturated heterocycles. The highest BCUT2D eigenvalue weighted by Gasteiger charge is 2.59. The zero-order valence-corrected chi connectivity index (χ0v) is 28.5. The number of carbonyl (C=O) groups is 5. The average Bonchev–Trinajstić information content (AvgIpc) is 2.93. The zero-order chi connectivity index (χ0) is 35.3. The molecule has 254 valence electrons. The Hall–Kier alpha value is -3.91. The van der Waals surface area contributed by atoms with Crippen LogP contribution in [0.2, 0.25) is 0 Å². The van der Waals surface area contributed by atoms with Crippen LogP contribution in [0.15, 0.2) is 47.6 Å². The van der Waals surface area contributed by atoms with Crippen LogP contribution in [-0.2, 0) is 53.5 Å². The van der Waals surface area contributed by atoms with Gasteiger partial charge in [-0.05, 0) is 101 Å². The van der Waals surface area contributed by atoms with Crippen molar-refractivity contribution in [2.24, 2.45) is 5.41 Å². The molecule has 0 fully saturated rings. The summed E-state index contributed by atoms with van der Waals surface area (Å²) in [6.45, 7) is 19.4. The summed E-state index contributed by atoms with van der Waals surface area (Å²) in [5.41, 5.74) is -6.84. The number of allylic oxidation sites excluding steroid dienone is 3. The predicted octanol–water partition coefficient (Wildman–Crippen LogP) is 5.82. The minimum absolute atomic E-state index is 0.0857. The first kappa shape index (κ1) is 38.3. The second kappa shape index (κ2) is 14.2. The first-order valence-electron chi connectivity index (χ1n) is 14.5. The van der Waals surface area contributed by atoms with E-state index in [2.05, 4.69) is 0 Å². The van der Waals surface area contributed by atoms with Crippen LogP contribution in [0.3, 0.4) is 0 Å². The molecule has 1 aliphatic carbocycles. The van der Waals surface area contributed by atoms with Gasteiger partial charge >= 0.3 is 23.9 Å². The molecule has 0 radical (unpaired) electrons. The second-order valence-electron chi connectivity index (χ2n) is 14.5. The van der Waals surface area contributed by atoms with E-state index in [-0.39, 0.29) is 16.7 Å². The quantitative estimate of drug-likeness (QED) is 0.129. The molecular weight excluding hydrogens is 604 g/mol. The number of ketones is 1. The Morgan fingerprint density at radius 1 is 0.522 bits per heavy atom. The number of Topliss-reactive ketones (excluding diaryl/α,β-unsaturated/α-hetero) is 1. The van der Waals surface area contributed by atoms with Gasteiger partial charge in [0.05, 0.1) is 11.1 Å². The first-order valence-corrected chi connectivity index (χ1v) is 14.5. The third-order valence-corrected chi connectivity index (χ3v) is 5.43. The van der Waals surface area contributed by atoms with Crippen molar-refractivity contribution in [3.8, 4) is 0 Å². The summed E-state index contributed by atoms with van der Waals surface area (Å²) >= 11 is 0. The van der Waals surface area contributed by atoms with Gasteiger partial charge in [-0.15, -0.1) is 0 Å². The molecule has 0 aromatic heterocycles. The van der Waals surface area contributed by atoms with Crippen LogP contribution in [0.4, 0.5) is 0 Å². The van der Waals surface area contributed by atoms with Gasteiger partial charge in [0.1, 0.15) is 22.4 Å². The Morgan fingerprint density at radius 2 is 0.891 bits per heavy atom. The van der Waals surface area contributed by atoms with Crippen LogP contribution < -0.4 is 0 Å². The highest BCUT2D eigenvalue weighted by molar-refractivity contribution is 6.16. The molecule has 0 bridgehead atoms. The number of carbonyl (C=O) groups excluding carboxylic acids is 5. The first-order chi connectivity index (χ1) is 20.8. The van der Waals surface area contributed by atoms with Gasteiger partial charge < -0.3 is 0 Å². The minimum atomic E-state index is -2.64. The normalized spacial score (nSPS) is 15.2. The SMILES string of the molecule is CC(C)(C)OOC(=O)C1=CC=C(C(=O)c2ccc(C(=O)OOC(C)(C)C)cc2)CC1(C(=O)OOC(C)(C)C)C(=O)OOC(C)(C)C. The molecule has 1 aromatic rings. The van der Waals surface area contributed by atoms with Gasteiger partial charge in [-0.2, -0.15) is 19.6 Å². The average molecular weight is 649 g/mol. The van der Waals surface area contributed by atoms with E-state index in [0.717, 1.165) is 6.08 Å². The summed E-state index contributed by atoms with van der Waals surface area (Å²) < 4.78 is 0. The fraction of sp³-hybridized carbons (Fsp3) is 0.545. The highest BCUT2D eigenvalue weighted by Crippen LogP contribution is 2.43. The van der Waals surface area contributed by atoms with Crippen LogP contribution in [0.25, 0.3) is 0 Å². The smallest absolute Gasteiger partial charge is 0.296 e. The van der Waals surface area contributed by atoms with E-state index in [4.69, 9.17) is 39.1 Å². The maximum Gasteiger partial charge on any atom is 0.373 e. The van der Waals surface area contributed by atoms with Gasteiger partial charge in [-0.3, -0.25) is 24.3 Å². The molecule has 0 saturated carbocycles. The molecule has 0 spiro atoms. The number of hydrogen-bond acceptors (Lipinski definition) is 13. The van der Waals surface area contributed by atoms with E-state index in [0.29, 0.717) is 0 Å². The molecule has 0 heterocycles. The molecular formula is C33H44O13. The largest absolute Gasteiger partial charge is 0.373 e. The zero-order valence-electron chi connectivity index (χ0n) is 28.5. The molecule has 0 N–H and O–H groups in total. The molecule has 13 nitrogen and oxygen atoms in total. The molecule has 1 aliphatic rings. The summed E-state index contributed by atoms with van der Waals surface area (Å²) in [4.78, 5) is 108. The van der Waals surface area contributed by atoms with Gasteiger partial charge in [0.25, 0.3) is 0 Å². The van der Waals surface area contributed by atoms with E-state index in [1.54, 1.807) is 83.1 Å². The lowest BCUT2D eigenvalue weighted by Crippen LogP contribution is -2.49. The van der Waals surface area contributed by atoms with Crippen molar-refractivity contribution in [2.75, 3.05) is 0 Å². The minimum Gasteiger partial charge on any atom is -0.296 e. The van der Waals surface area contributed by atoms with Crippen LogP contribution in [-0.4, -0.2) is 52.1 Å². The standard InChI is InChI=1S/C33H44O13/c1-29(2,3)43-39-25(35)21-15-13-20(14-16-21)24(34)22-17-18-23(26(36)40-44-30(4,5)6)33(19-22,27(37)41-45-31(7,8)9)28(38)42-46-32(10,11)12/h13-18H,19H2,1-12H3. The summed E-state index contributed by atoms with van der Waals surface area (Å²) in [6.07, 6.45) is 1.60. The van der Waals surface area contributed by atoms with Gasteiger partial charge in [0, 0.05) is 17.6 Å². The number of hydrogen-bond donors (Lipinski definition) is 0. The van der Waals surface area contributed by atoms with Crippen molar-refractivity contribution >= 4 is 29.7 Å². The Balaban J connectivity index is 2.59. The lowest BCUT2D eigenvalue weighted by molar-refractivity contribution is -0.339. The highest BCUT2D eigenvalue weighted by atomic mass is 17.2. The maximum atomic E-state index is 13.8. The topological polar surface area (TPSA) is 159 Å². The lowest BCUT2D eigenvalue weighted by atomic mass is 9.70. The fourth-order valence-electron chi connectivity index (χ4n) is 3.44. The summed E-state index contributed by atoms with van der Waals surface area (Å²) in [5, 5.41) is 0. The number of rotatable bonds is 10. The molecule has 2 rings (SSSR count). The van der Waals surface area contributed by atoms with Gasteiger partial charge in [0.2, 0.25) is 5.41 Å². The molecule has 0 unspecified atom stereocenters. The molecule has 0 amide bonds. The third-order valence-electron chi connectivity index (χ3n) is 5.43. The lowest BCUT2D eigenvalue weighted by Gasteiger charge is -2.33. The van der Waals surface area contributed by atoms with Crippen LogP contribution in [0.1, 0.15) is 110 Å². The van der Waals surface area contributed by atoms with Crippen molar-refractivity contribution in [3.05, 3.63) is 58.7 Å². The fourth-order valence-corrected chi connectivity index (χ4v) is 3.44. The predicted molar refractivity (Wildman–Crippen MR) is 161 cm³/mol. The second-order valence-corrected chi connectivity index (χ2v) is 14.5. The van der Waals surface area contributed by atoms with E-state index >= 15 is 0 Å². The Bertz CT molecular complexity index is 1340. The summed E-state index contributed by atoms with van der Waals surface area (Å²) in [5.74, 6) is -5.40. The van der Waals surface area contributed by atoms with E-state index in [1.165, 1.54) is 30.3 Å². The summed E-state index contributed by atoms with van der Waals surface area (Å²) in [6, 6.07) is 5.39. The van der Waals surface area contributed by atoms with Crippen molar-refractivity contribution in [2.45, 2.75) is 112 Å². The molecule has 13 heteroatoms. The van der Waals surface area contributed by atoms with E-state index in [1.807, 2.05) is 0 Å². The molecule has 0 aliphatic heterocycles. The third kappa shape index (κ3) is 11.2. The van der Waals surface area contributed by atoms with Crippen LogP contribution >= 0.6 is 0 Å². The van der Waals surface area contributed by atoms with E-state index in [9.17, 15) is 24.0 Å². The molecule has 1 aromatic carbocycles. The van der Waals surface area contributed by atoms with Gasteiger partial charge in [-0.1, -0.05) is 18.2 Å². The van der Waals surface area contributed by atoms with Crippen molar-refractivity contribution in [1.82, 2.24) is 0 Å². The Labute approximate surface area is 268 Å². The van der Waals surface area contributed by atoms with Crippen molar-refractivity contribution < 1.29 is 63.1 Å². The van der Waals surface area contributed by atoms with Crippen LogP contribution in [0.5, 0.6) is 0 Å². The molecule has 0 atom stereocenters. The van der Waals surface area contributed by atoms with Gasteiger partial charge in [0.15, 0.2) is 5.78 Å². The maximum absolute atomic E-state index is 13.8. The van der Waals surface area contributed by atoms with Crippen LogP contribution in [0, 0.1) is 5.41 Å². The Kier molecular flexibility index (Phi) is 11.9.